The van der Waals surface area contributed by atoms with Gasteiger partial charge in [-0.1, -0.05) is 6.07 Å². The second kappa shape index (κ2) is 8.41. The molecule has 6 nitrogen and oxygen atoms in total. The lowest BCUT2D eigenvalue weighted by Crippen LogP contribution is -2.41. The lowest BCUT2D eigenvalue weighted by Gasteiger charge is -2.12. The van der Waals surface area contributed by atoms with Gasteiger partial charge in [-0.15, -0.1) is 0 Å². The SMILES string of the molecule is CCOc1ccc(CCNC(=O)C(=O)NC2CC2)cc1OCC. The molecule has 23 heavy (non-hydrogen) atoms. The van der Waals surface area contributed by atoms with Crippen molar-refractivity contribution in [2.24, 2.45) is 0 Å². The molecular formula is C17H24N2O4. The van der Waals surface area contributed by atoms with Crippen LogP contribution in [0.3, 0.4) is 0 Å². The number of benzene rings is 1. The van der Waals surface area contributed by atoms with Gasteiger partial charge in [-0.3, -0.25) is 9.59 Å². The quantitative estimate of drug-likeness (QED) is 0.710. The van der Waals surface area contributed by atoms with Crippen molar-refractivity contribution in [3.05, 3.63) is 23.8 Å². The molecular weight excluding hydrogens is 296 g/mol. The van der Waals surface area contributed by atoms with Crippen molar-refractivity contribution >= 4 is 11.8 Å². The third-order valence-corrected chi connectivity index (χ3v) is 3.43. The van der Waals surface area contributed by atoms with Gasteiger partial charge in [0.05, 0.1) is 13.2 Å². The van der Waals surface area contributed by atoms with Crippen molar-refractivity contribution in [1.82, 2.24) is 10.6 Å². The molecule has 0 bridgehead atoms. The normalized spacial score (nSPS) is 13.3. The van der Waals surface area contributed by atoms with Crippen molar-refractivity contribution in [3.8, 4) is 11.5 Å². The molecule has 2 amide bonds. The predicted molar refractivity (Wildman–Crippen MR) is 86.7 cm³/mol. The number of hydrogen-bond donors (Lipinski definition) is 2. The molecule has 0 aromatic heterocycles. The number of hydrogen-bond acceptors (Lipinski definition) is 4. The summed E-state index contributed by atoms with van der Waals surface area (Å²) in [6.45, 7) is 5.37. The maximum absolute atomic E-state index is 11.6. The standard InChI is InChI=1S/C17H24N2O4/c1-3-22-14-8-5-12(11-15(14)23-4-2)9-10-18-16(20)17(21)19-13-6-7-13/h5,8,11,13H,3-4,6-7,9-10H2,1-2H3,(H,18,20)(H,19,21). The average molecular weight is 320 g/mol. The van der Waals surface area contributed by atoms with Gasteiger partial charge in [-0.2, -0.15) is 0 Å². The van der Waals surface area contributed by atoms with Crippen LogP contribution < -0.4 is 20.1 Å². The molecule has 0 spiro atoms. The molecule has 6 heteroatoms. The van der Waals surface area contributed by atoms with Crippen LogP contribution in [0, 0.1) is 0 Å². The van der Waals surface area contributed by atoms with E-state index in [-0.39, 0.29) is 6.04 Å². The van der Waals surface area contributed by atoms with E-state index in [0.717, 1.165) is 18.4 Å². The van der Waals surface area contributed by atoms with Gasteiger partial charge in [0.25, 0.3) is 0 Å². The van der Waals surface area contributed by atoms with Crippen LogP contribution >= 0.6 is 0 Å². The van der Waals surface area contributed by atoms with Gasteiger partial charge in [0, 0.05) is 12.6 Å². The first-order valence-corrected chi connectivity index (χ1v) is 8.11. The van der Waals surface area contributed by atoms with Gasteiger partial charge < -0.3 is 20.1 Å². The fraction of sp³-hybridized carbons (Fsp3) is 0.529. The molecule has 0 radical (unpaired) electrons. The summed E-state index contributed by atoms with van der Waals surface area (Å²) in [7, 11) is 0. The topological polar surface area (TPSA) is 76.7 Å². The van der Waals surface area contributed by atoms with E-state index in [4.69, 9.17) is 9.47 Å². The Kier molecular flexibility index (Phi) is 6.26. The van der Waals surface area contributed by atoms with E-state index in [9.17, 15) is 9.59 Å². The molecule has 1 aliphatic carbocycles. The van der Waals surface area contributed by atoms with Crippen LogP contribution in [0.4, 0.5) is 0 Å². The highest BCUT2D eigenvalue weighted by molar-refractivity contribution is 6.35. The van der Waals surface area contributed by atoms with Crippen LogP contribution in [0.5, 0.6) is 11.5 Å². The van der Waals surface area contributed by atoms with Gasteiger partial charge in [0.1, 0.15) is 0 Å². The molecule has 2 rings (SSSR count). The maximum atomic E-state index is 11.6. The van der Waals surface area contributed by atoms with Crippen LogP contribution in [-0.4, -0.2) is 37.6 Å². The number of amides is 2. The summed E-state index contributed by atoms with van der Waals surface area (Å²) in [6.07, 6.45) is 2.55. The fourth-order valence-corrected chi connectivity index (χ4v) is 2.13. The van der Waals surface area contributed by atoms with Gasteiger partial charge >= 0.3 is 11.8 Å². The minimum absolute atomic E-state index is 0.188. The van der Waals surface area contributed by atoms with E-state index >= 15 is 0 Å². The summed E-state index contributed by atoms with van der Waals surface area (Å²) >= 11 is 0. The molecule has 0 heterocycles. The number of nitrogens with one attached hydrogen (secondary N) is 2. The lowest BCUT2D eigenvalue weighted by molar-refractivity contribution is -0.139. The lowest BCUT2D eigenvalue weighted by atomic mass is 10.1. The first-order valence-electron chi connectivity index (χ1n) is 8.11. The van der Waals surface area contributed by atoms with Crippen molar-refractivity contribution in [3.63, 3.8) is 0 Å². The first kappa shape index (κ1) is 17.1. The van der Waals surface area contributed by atoms with Crippen LogP contribution in [-0.2, 0) is 16.0 Å². The highest BCUT2D eigenvalue weighted by Crippen LogP contribution is 2.28. The molecule has 0 aliphatic heterocycles. The Bertz CT molecular complexity index is 556. The molecule has 0 saturated heterocycles. The van der Waals surface area contributed by atoms with Gasteiger partial charge in [-0.25, -0.2) is 0 Å². The molecule has 2 N–H and O–H groups in total. The Morgan fingerprint density at radius 2 is 1.78 bits per heavy atom. The third-order valence-electron chi connectivity index (χ3n) is 3.43. The van der Waals surface area contributed by atoms with Gasteiger partial charge in [0.2, 0.25) is 0 Å². The van der Waals surface area contributed by atoms with Gasteiger partial charge in [-0.05, 0) is 50.8 Å². The van der Waals surface area contributed by atoms with E-state index in [0.29, 0.717) is 37.7 Å². The van der Waals surface area contributed by atoms with Crippen molar-refractivity contribution in [2.45, 2.75) is 39.2 Å². The van der Waals surface area contributed by atoms with E-state index in [1.165, 1.54) is 0 Å². The Hall–Kier alpha value is -2.24. The molecule has 0 atom stereocenters. The summed E-state index contributed by atoms with van der Waals surface area (Å²) in [5, 5.41) is 5.29. The van der Waals surface area contributed by atoms with Crippen LogP contribution in [0.1, 0.15) is 32.3 Å². The average Bonchev–Trinajstić information content (AvgIpc) is 3.34. The van der Waals surface area contributed by atoms with E-state index in [1.807, 2.05) is 32.0 Å². The second-order valence-electron chi connectivity index (χ2n) is 5.40. The minimum Gasteiger partial charge on any atom is -0.490 e. The highest BCUT2D eigenvalue weighted by atomic mass is 16.5. The Morgan fingerprint density at radius 1 is 1.09 bits per heavy atom. The van der Waals surface area contributed by atoms with Crippen molar-refractivity contribution < 1.29 is 19.1 Å². The zero-order valence-corrected chi connectivity index (χ0v) is 13.7. The zero-order valence-electron chi connectivity index (χ0n) is 13.7. The number of carbonyl (C=O) groups is 2. The zero-order chi connectivity index (χ0) is 16.7. The second-order valence-corrected chi connectivity index (χ2v) is 5.40. The Balaban J connectivity index is 1.83. The summed E-state index contributed by atoms with van der Waals surface area (Å²) < 4.78 is 11.1. The van der Waals surface area contributed by atoms with Crippen LogP contribution in [0.2, 0.25) is 0 Å². The van der Waals surface area contributed by atoms with Crippen molar-refractivity contribution in [2.75, 3.05) is 19.8 Å². The predicted octanol–water partition coefficient (Wildman–Crippen LogP) is 1.42. The maximum Gasteiger partial charge on any atom is 0.309 e. The Morgan fingerprint density at radius 3 is 2.43 bits per heavy atom. The molecule has 1 fully saturated rings. The summed E-state index contributed by atoms with van der Waals surface area (Å²) in [6, 6.07) is 5.90. The summed E-state index contributed by atoms with van der Waals surface area (Å²) in [4.78, 5) is 23.2. The van der Waals surface area contributed by atoms with Gasteiger partial charge in [0.15, 0.2) is 11.5 Å². The smallest absolute Gasteiger partial charge is 0.309 e. The van der Waals surface area contributed by atoms with Crippen LogP contribution in [0.25, 0.3) is 0 Å². The van der Waals surface area contributed by atoms with E-state index in [1.54, 1.807) is 0 Å². The van der Waals surface area contributed by atoms with E-state index in [2.05, 4.69) is 10.6 Å². The first-order chi connectivity index (χ1) is 11.1. The number of carbonyl (C=O) groups excluding carboxylic acids is 2. The molecule has 126 valence electrons. The summed E-state index contributed by atoms with van der Waals surface area (Å²) in [5.74, 6) is 0.290. The van der Waals surface area contributed by atoms with Crippen molar-refractivity contribution in [1.29, 1.82) is 0 Å². The molecule has 1 aromatic rings. The minimum atomic E-state index is -0.576. The largest absolute Gasteiger partial charge is 0.490 e. The molecule has 1 aromatic carbocycles. The molecule has 1 aliphatic rings. The fourth-order valence-electron chi connectivity index (χ4n) is 2.13. The number of rotatable bonds is 8. The molecule has 0 unspecified atom stereocenters. The summed E-state index contributed by atoms with van der Waals surface area (Å²) in [5.41, 5.74) is 1.01. The molecule has 1 saturated carbocycles. The highest BCUT2D eigenvalue weighted by Gasteiger charge is 2.26. The van der Waals surface area contributed by atoms with Crippen LogP contribution in [0.15, 0.2) is 18.2 Å². The Labute approximate surface area is 136 Å². The monoisotopic (exact) mass is 320 g/mol. The van der Waals surface area contributed by atoms with E-state index < -0.39 is 11.8 Å². The number of ether oxygens (including phenoxy) is 2. The third kappa shape index (κ3) is 5.47.